The number of halogens is 6. The Hall–Kier alpha value is -0.250. The Bertz CT molecular complexity index is 465. The van der Waals surface area contributed by atoms with E-state index in [0.717, 1.165) is 0 Å². The van der Waals surface area contributed by atoms with Gasteiger partial charge in [-0.3, -0.25) is 0 Å². The van der Waals surface area contributed by atoms with Gasteiger partial charge in [-0.05, 0) is 16.8 Å². The molecular formula is C8H3F6NaO2S. The maximum absolute atomic E-state index is 12.2. The maximum atomic E-state index is 12.2. The van der Waals surface area contributed by atoms with Crippen LogP contribution in [0.4, 0.5) is 26.3 Å². The van der Waals surface area contributed by atoms with Crippen molar-refractivity contribution in [2.45, 2.75) is 17.2 Å². The maximum Gasteiger partial charge on any atom is 1.00 e. The van der Waals surface area contributed by atoms with Gasteiger partial charge in [-0.15, -0.1) is 0 Å². The average molecular weight is 300 g/mol. The van der Waals surface area contributed by atoms with Gasteiger partial charge in [0.05, 0.1) is 11.1 Å². The molecule has 0 atom stereocenters. The second-order valence-corrected chi connectivity index (χ2v) is 3.92. The molecule has 0 radical (unpaired) electrons. The molecule has 0 saturated heterocycles. The number of hydrogen-bond donors (Lipinski definition) is 0. The van der Waals surface area contributed by atoms with E-state index in [2.05, 4.69) is 0 Å². The number of benzene rings is 1. The van der Waals surface area contributed by atoms with Crippen molar-refractivity contribution < 1.29 is 64.3 Å². The van der Waals surface area contributed by atoms with Crippen molar-refractivity contribution in [3.05, 3.63) is 29.3 Å². The van der Waals surface area contributed by atoms with Crippen molar-refractivity contribution in [3.8, 4) is 0 Å². The molecule has 0 fully saturated rings. The monoisotopic (exact) mass is 300 g/mol. The summed E-state index contributed by atoms with van der Waals surface area (Å²) in [6.07, 6.45) is -10.1. The summed E-state index contributed by atoms with van der Waals surface area (Å²) in [5.74, 6) is 0. The topological polar surface area (TPSA) is 34.1 Å². The minimum atomic E-state index is -5.05. The van der Waals surface area contributed by atoms with Gasteiger partial charge >= 0.3 is 41.9 Å². The summed E-state index contributed by atoms with van der Waals surface area (Å²) >= 11 is 0. The van der Waals surface area contributed by atoms with Crippen LogP contribution in [-0.4, -0.2) is 0 Å². The summed E-state index contributed by atoms with van der Waals surface area (Å²) < 4.78 is 94.2. The summed E-state index contributed by atoms with van der Waals surface area (Å²) in [6.45, 7) is 0. The minimum absolute atomic E-state index is 0. The van der Waals surface area contributed by atoms with Crippen LogP contribution in [0.15, 0.2) is 23.1 Å². The van der Waals surface area contributed by atoms with Crippen LogP contribution in [0.5, 0.6) is 0 Å². The van der Waals surface area contributed by atoms with Crippen LogP contribution >= 0.6 is 0 Å². The van der Waals surface area contributed by atoms with Crippen LogP contribution in [-0.2, 0) is 31.5 Å². The average Bonchev–Trinajstić information content (AvgIpc) is 2.14. The predicted octanol–water partition coefficient (Wildman–Crippen LogP) is 0.396. The molecule has 0 heterocycles. The van der Waals surface area contributed by atoms with Gasteiger partial charge in [-0.1, -0.05) is 17.0 Å². The van der Waals surface area contributed by atoms with Crippen LogP contribution in [0.2, 0.25) is 0 Å². The zero-order chi connectivity index (χ0) is 13.4. The van der Waals surface area contributed by atoms with Gasteiger partial charge in [0, 0.05) is 0 Å². The molecule has 18 heavy (non-hydrogen) atoms. The molecule has 0 bridgehead atoms. The summed E-state index contributed by atoms with van der Waals surface area (Å²) in [6, 6.07) is 0.132. The van der Waals surface area contributed by atoms with Crippen molar-refractivity contribution in [1.82, 2.24) is 0 Å². The first kappa shape index (κ1) is 17.8. The van der Waals surface area contributed by atoms with Gasteiger partial charge in [-0.2, -0.15) is 26.3 Å². The molecule has 2 nitrogen and oxygen atoms in total. The fourth-order valence-corrected chi connectivity index (χ4v) is 1.47. The van der Waals surface area contributed by atoms with E-state index in [0.29, 0.717) is 0 Å². The SMILES string of the molecule is O=[S-](=O)c1cc(C(F)(F)F)cc(C(F)(F)F)c1.[Na+]. The van der Waals surface area contributed by atoms with Crippen molar-refractivity contribution in [2.24, 2.45) is 0 Å². The number of hydrogen-bond acceptors (Lipinski definition) is 3. The van der Waals surface area contributed by atoms with Crippen LogP contribution in [0.25, 0.3) is 0 Å². The molecule has 0 aliphatic carbocycles. The first-order chi connectivity index (χ1) is 7.51. The van der Waals surface area contributed by atoms with Gasteiger partial charge in [0.2, 0.25) is 0 Å². The van der Waals surface area contributed by atoms with E-state index in [9.17, 15) is 34.8 Å². The van der Waals surface area contributed by atoms with Crippen LogP contribution < -0.4 is 29.6 Å². The van der Waals surface area contributed by atoms with E-state index in [1.807, 2.05) is 0 Å². The standard InChI is InChI=1S/C8H3F6O2S.Na/c9-7(10,11)4-1-5(8(12,13)14)3-6(2-4)17(15)16;/h1-3H;/q-1;+1. The van der Waals surface area contributed by atoms with Crippen LogP contribution in [0.3, 0.4) is 0 Å². The summed E-state index contributed by atoms with van der Waals surface area (Å²) in [5, 5.41) is 0. The molecule has 0 aliphatic heterocycles. The van der Waals surface area contributed by atoms with E-state index in [1.165, 1.54) is 0 Å². The minimum Gasteiger partial charge on any atom is -0.420 e. The Kier molecular flexibility index (Phi) is 5.73. The van der Waals surface area contributed by atoms with Crippen LogP contribution in [0.1, 0.15) is 11.1 Å². The molecule has 0 spiro atoms. The Morgan fingerprint density at radius 2 is 1.11 bits per heavy atom. The summed E-state index contributed by atoms with van der Waals surface area (Å²) in [4.78, 5) is -1.06. The molecule has 0 amide bonds. The zero-order valence-corrected chi connectivity index (χ0v) is 11.5. The molecule has 1 aromatic carbocycles. The third-order valence-corrected chi connectivity index (χ3v) is 2.37. The second-order valence-electron chi connectivity index (χ2n) is 2.98. The summed E-state index contributed by atoms with van der Waals surface area (Å²) in [7, 11) is -3.17. The molecule has 0 saturated carbocycles. The van der Waals surface area contributed by atoms with Gasteiger partial charge in [0.25, 0.3) is 0 Å². The Morgan fingerprint density at radius 3 is 1.33 bits per heavy atom. The zero-order valence-electron chi connectivity index (χ0n) is 8.72. The molecular weight excluding hydrogens is 297 g/mol. The van der Waals surface area contributed by atoms with Gasteiger partial charge in [0.15, 0.2) is 0 Å². The quantitative estimate of drug-likeness (QED) is 0.427. The third kappa shape index (κ3) is 4.45. The van der Waals surface area contributed by atoms with E-state index in [-0.39, 0.29) is 47.8 Å². The Morgan fingerprint density at radius 1 is 0.778 bits per heavy atom. The number of alkyl halides is 6. The largest absolute Gasteiger partial charge is 1.00 e. The van der Waals surface area contributed by atoms with E-state index < -0.39 is 39.1 Å². The molecule has 1 aromatic rings. The second kappa shape index (κ2) is 5.81. The van der Waals surface area contributed by atoms with Crippen LogP contribution in [0, 0.1) is 0 Å². The third-order valence-electron chi connectivity index (χ3n) is 1.75. The Labute approximate surface area is 121 Å². The molecule has 0 unspecified atom stereocenters. The van der Waals surface area contributed by atoms with Crippen molar-refractivity contribution in [1.29, 1.82) is 0 Å². The molecule has 10 heteroatoms. The normalized spacial score (nSPS) is 12.4. The van der Waals surface area contributed by atoms with Gasteiger partial charge in [0.1, 0.15) is 0 Å². The fourth-order valence-electron chi connectivity index (χ4n) is 1.02. The molecule has 1 rings (SSSR count). The van der Waals surface area contributed by atoms with E-state index in [4.69, 9.17) is 0 Å². The predicted molar refractivity (Wildman–Crippen MR) is 43.5 cm³/mol. The van der Waals surface area contributed by atoms with E-state index >= 15 is 0 Å². The van der Waals surface area contributed by atoms with E-state index in [1.54, 1.807) is 0 Å². The first-order valence-electron chi connectivity index (χ1n) is 3.90. The smallest absolute Gasteiger partial charge is 0.420 e. The van der Waals surface area contributed by atoms with Crippen molar-refractivity contribution in [2.75, 3.05) is 0 Å². The van der Waals surface area contributed by atoms with Crippen molar-refractivity contribution >= 4 is 10.7 Å². The van der Waals surface area contributed by atoms with Gasteiger partial charge < -0.3 is 8.42 Å². The molecule has 0 aromatic heterocycles. The number of rotatable bonds is 1. The van der Waals surface area contributed by atoms with Gasteiger partial charge in [-0.25, -0.2) is 0 Å². The summed E-state index contributed by atoms with van der Waals surface area (Å²) in [5.41, 5.74) is -3.32. The molecule has 0 aliphatic rings. The molecule has 96 valence electrons. The first-order valence-corrected chi connectivity index (χ1v) is 4.98. The van der Waals surface area contributed by atoms with Crippen molar-refractivity contribution in [3.63, 3.8) is 0 Å². The Balaban J connectivity index is 0.00000289. The molecule has 0 N–H and O–H groups in total. The fraction of sp³-hybridized carbons (Fsp3) is 0.250.